The van der Waals surface area contributed by atoms with E-state index in [0.29, 0.717) is 5.92 Å². The van der Waals surface area contributed by atoms with Gasteiger partial charge in [0.1, 0.15) is 5.58 Å². The normalized spacial score (nSPS) is 11.3. The molecule has 8 aromatic rings. The predicted octanol–water partition coefficient (Wildman–Crippen LogP) is 11.9. The molecule has 0 fully saturated rings. The van der Waals surface area contributed by atoms with Crippen LogP contribution < -0.4 is 4.40 Å². The van der Waals surface area contributed by atoms with Crippen molar-refractivity contribution in [2.45, 2.75) is 43.5 Å². The van der Waals surface area contributed by atoms with Gasteiger partial charge in [0, 0.05) is 31.7 Å². The fourth-order valence-electron chi connectivity index (χ4n) is 6.52. The Morgan fingerprint density at radius 2 is 1.42 bits per heavy atom. The zero-order chi connectivity index (χ0) is 35.4. The summed E-state index contributed by atoms with van der Waals surface area (Å²) in [4.78, 5) is 9.32. The summed E-state index contributed by atoms with van der Waals surface area (Å²) in [5.41, 5.74) is 12.0. The molecule has 3 heterocycles. The fraction of sp³-hybridized carbons (Fsp3) is 0.149. The Morgan fingerprint density at radius 3 is 2.13 bits per heavy atom. The Hall–Kier alpha value is -4.61. The summed E-state index contributed by atoms with van der Waals surface area (Å²) in [6.45, 7) is 4.38. The van der Waals surface area contributed by atoms with Crippen molar-refractivity contribution in [2.75, 3.05) is 0 Å². The topological polar surface area (TPSA) is 38.9 Å². The van der Waals surface area contributed by atoms with Crippen LogP contribution in [0.3, 0.4) is 0 Å². The Morgan fingerprint density at radius 1 is 0.673 bits per heavy atom. The first-order valence-corrected chi connectivity index (χ1v) is 25.0. The van der Waals surface area contributed by atoms with Gasteiger partial charge in [-0.1, -0.05) is 78.9 Å². The molecule has 261 valence electrons. The van der Waals surface area contributed by atoms with Gasteiger partial charge < -0.3 is 9.40 Å². The van der Waals surface area contributed by atoms with Crippen LogP contribution in [-0.2, 0) is 26.5 Å². The Bertz CT molecular complexity index is 2400. The zero-order valence-corrected chi connectivity index (χ0v) is 34.8. The molecule has 1 radical (unpaired) electrons. The average Bonchev–Trinajstić information content (AvgIpc) is 3.54. The number of nitrogens with zero attached hydrogens (tertiary/aromatic N) is 2. The van der Waals surface area contributed by atoms with E-state index in [-0.39, 0.29) is 20.1 Å². The maximum Gasteiger partial charge on any atom is 0 e. The van der Waals surface area contributed by atoms with E-state index in [1.54, 1.807) is 0 Å². The SMILES string of the molecule is CC(C)c1ccnc(-c2[c-]ccc3c2oc2cc(-c4ccccc4)ccc23)c1.[CH3][Ge]([CH3])([CH3])[c]1cnc(-c2[c-]cccc2)cc1Cc1ccccc1.[Ir]. The molecule has 0 amide bonds. The van der Waals surface area contributed by atoms with Gasteiger partial charge >= 0.3 is 142 Å². The van der Waals surface area contributed by atoms with Crippen LogP contribution >= 0.6 is 0 Å². The molecule has 0 atom stereocenters. The molecule has 3 aromatic heterocycles. The number of hydrogen-bond acceptors (Lipinski definition) is 3. The van der Waals surface area contributed by atoms with E-state index < -0.39 is 13.3 Å². The van der Waals surface area contributed by atoms with Gasteiger partial charge in [-0.15, -0.1) is 18.2 Å². The van der Waals surface area contributed by atoms with E-state index in [0.717, 1.165) is 56.4 Å². The molecule has 0 saturated heterocycles. The third-order valence-electron chi connectivity index (χ3n) is 9.27. The van der Waals surface area contributed by atoms with Crippen molar-refractivity contribution in [3.8, 4) is 33.6 Å². The first-order valence-electron chi connectivity index (χ1n) is 17.6. The van der Waals surface area contributed by atoms with Gasteiger partial charge in [-0.05, 0) is 34.9 Å². The van der Waals surface area contributed by atoms with Gasteiger partial charge in [0.15, 0.2) is 0 Å². The standard InChI is InChI=1S/C26H20NO.C21H22GeN.Ir/c1-17(2)19-13-14-27-24(15-19)23-10-6-9-22-21-12-11-20(16-25(21)28-26(22)23)18-7-4-3-5-8-18;1-22(2,3)20-16-23-21(18-12-8-5-9-13-18)15-19(20)14-17-10-6-4-7-11-17;/h3-9,11-17H,1-2H3;4-12,15-16H,14H2,1-3H3;/q2*-1;. The van der Waals surface area contributed by atoms with Gasteiger partial charge in [0.25, 0.3) is 0 Å². The molecule has 0 N–H and O–H groups in total. The summed E-state index contributed by atoms with van der Waals surface area (Å²) in [6.07, 6.45) is 4.96. The van der Waals surface area contributed by atoms with Gasteiger partial charge in [-0.25, -0.2) is 0 Å². The average molecular weight is 916 g/mol. The van der Waals surface area contributed by atoms with E-state index in [2.05, 4.69) is 158 Å². The van der Waals surface area contributed by atoms with E-state index in [9.17, 15) is 0 Å². The molecule has 0 spiro atoms. The number of pyridine rings is 2. The first kappa shape index (κ1) is 37.2. The smallest absolute Gasteiger partial charge is 0 e. The summed E-state index contributed by atoms with van der Waals surface area (Å²) in [5, 5.41) is 2.21. The predicted molar refractivity (Wildman–Crippen MR) is 216 cm³/mol. The molecule has 0 unspecified atom stereocenters. The second kappa shape index (κ2) is 16.4. The molecule has 0 aliphatic rings. The van der Waals surface area contributed by atoms with E-state index in [4.69, 9.17) is 9.40 Å². The molecule has 8 rings (SSSR count). The Labute approximate surface area is 323 Å². The zero-order valence-electron chi connectivity index (χ0n) is 30.3. The van der Waals surface area contributed by atoms with E-state index >= 15 is 0 Å². The maximum absolute atomic E-state index is 6.33. The molecule has 52 heavy (non-hydrogen) atoms. The Kier molecular flexibility index (Phi) is 11.7. The van der Waals surface area contributed by atoms with Crippen molar-refractivity contribution in [3.05, 3.63) is 175 Å². The van der Waals surface area contributed by atoms with E-state index in [1.165, 1.54) is 26.6 Å². The second-order valence-corrected chi connectivity index (χ2v) is 24.9. The number of hydrogen-bond donors (Lipinski definition) is 0. The van der Waals surface area contributed by atoms with Crippen LogP contribution in [0.2, 0.25) is 17.3 Å². The van der Waals surface area contributed by atoms with Crippen molar-refractivity contribution < 1.29 is 24.5 Å². The molecular formula is C47H42GeIrN2O-2. The third-order valence-corrected chi connectivity index (χ3v) is 13.6. The van der Waals surface area contributed by atoms with Crippen molar-refractivity contribution in [1.82, 2.24) is 9.97 Å². The molecule has 0 aliphatic carbocycles. The van der Waals surface area contributed by atoms with Crippen molar-refractivity contribution >= 4 is 39.6 Å². The van der Waals surface area contributed by atoms with Gasteiger partial charge in [0.2, 0.25) is 0 Å². The third kappa shape index (κ3) is 8.37. The summed E-state index contributed by atoms with van der Waals surface area (Å²) < 4.78 is 7.82. The van der Waals surface area contributed by atoms with Gasteiger partial charge in [0.05, 0.1) is 5.58 Å². The molecule has 0 aliphatic heterocycles. The largest absolute Gasteiger partial charge is 0 e. The molecule has 5 heteroatoms. The van der Waals surface area contributed by atoms with Crippen LogP contribution in [0.5, 0.6) is 0 Å². The van der Waals surface area contributed by atoms with Crippen LogP contribution in [0.4, 0.5) is 0 Å². The number of furan rings is 1. The number of benzene rings is 5. The van der Waals surface area contributed by atoms with Crippen molar-refractivity contribution in [1.29, 1.82) is 0 Å². The van der Waals surface area contributed by atoms with Crippen LogP contribution in [0, 0.1) is 12.1 Å². The monoisotopic (exact) mass is 917 g/mol. The number of rotatable bonds is 7. The van der Waals surface area contributed by atoms with Crippen LogP contribution in [0.1, 0.15) is 36.5 Å². The van der Waals surface area contributed by atoms with Crippen LogP contribution in [0.25, 0.3) is 55.6 Å². The minimum atomic E-state index is -1.96. The maximum atomic E-state index is 6.33. The van der Waals surface area contributed by atoms with E-state index in [1.807, 2.05) is 36.5 Å². The van der Waals surface area contributed by atoms with Crippen LogP contribution in [0.15, 0.2) is 150 Å². The second-order valence-electron chi connectivity index (χ2n) is 14.3. The molecular weight excluding hydrogens is 873 g/mol. The summed E-state index contributed by atoms with van der Waals surface area (Å²) >= 11 is -1.96. The summed E-state index contributed by atoms with van der Waals surface area (Å²) in [6, 6.07) is 52.7. The molecule has 0 saturated carbocycles. The summed E-state index contributed by atoms with van der Waals surface area (Å²) in [5.74, 6) is 7.74. The minimum Gasteiger partial charge on any atom is 0 e. The quantitative estimate of drug-likeness (QED) is 0.118. The van der Waals surface area contributed by atoms with Gasteiger partial charge in [-0.3, -0.25) is 0 Å². The van der Waals surface area contributed by atoms with Crippen molar-refractivity contribution in [2.24, 2.45) is 0 Å². The minimum absolute atomic E-state index is 0. The Balaban J connectivity index is 0.000000179. The van der Waals surface area contributed by atoms with Crippen LogP contribution in [-0.4, -0.2) is 23.2 Å². The van der Waals surface area contributed by atoms with Crippen molar-refractivity contribution in [3.63, 3.8) is 0 Å². The molecule has 5 aromatic carbocycles. The fourth-order valence-corrected chi connectivity index (χ4v) is 9.83. The summed E-state index contributed by atoms with van der Waals surface area (Å²) in [7, 11) is 0. The molecule has 3 nitrogen and oxygen atoms in total. The molecule has 0 bridgehead atoms. The first-order chi connectivity index (χ1) is 24.7. The van der Waals surface area contributed by atoms with Gasteiger partial charge in [-0.2, -0.15) is 0 Å². The number of aromatic nitrogens is 2. The number of fused-ring (bicyclic) bond motifs is 3.